The maximum Gasteiger partial charge on any atom is 0.169 e. The lowest BCUT2D eigenvalue weighted by atomic mass is 10.1. The number of hydrogen-bond acceptors (Lipinski definition) is 6. The Morgan fingerprint density at radius 1 is 0.852 bits per heavy atom. The van der Waals surface area contributed by atoms with Crippen LogP contribution in [0.2, 0.25) is 0 Å². The summed E-state index contributed by atoms with van der Waals surface area (Å²) in [5, 5.41) is 18.9. The quantitative estimate of drug-likeness (QED) is 0.641. The van der Waals surface area contributed by atoms with Crippen molar-refractivity contribution in [3.8, 4) is 12.1 Å². The first-order valence-corrected chi connectivity index (χ1v) is 10.7. The number of rotatable bonds is 7. The van der Waals surface area contributed by atoms with Gasteiger partial charge in [0.05, 0.1) is 0 Å². The van der Waals surface area contributed by atoms with Gasteiger partial charge in [0.1, 0.15) is 18.0 Å². The first-order valence-electron chi connectivity index (χ1n) is 10.7. The summed E-state index contributed by atoms with van der Waals surface area (Å²) in [6, 6.07) is 4.98. The molecule has 0 amide bonds. The Hall–Kier alpha value is -1.76. The van der Waals surface area contributed by atoms with Crippen LogP contribution in [-0.2, 0) is 0 Å². The van der Waals surface area contributed by atoms with E-state index in [2.05, 4.69) is 38.7 Å². The summed E-state index contributed by atoms with van der Waals surface area (Å²) in [7, 11) is 0. The Morgan fingerprint density at radius 2 is 1.56 bits per heavy atom. The van der Waals surface area contributed by atoms with E-state index < -0.39 is 0 Å². The third-order valence-electron chi connectivity index (χ3n) is 6.38. The lowest BCUT2D eigenvalue weighted by Crippen LogP contribution is -2.37. The van der Waals surface area contributed by atoms with Gasteiger partial charge in [-0.15, -0.1) is 0 Å². The fraction of sp³-hybridized carbons (Fsp3) is 0.810. The molecule has 3 heterocycles. The summed E-state index contributed by atoms with van der Waals surface area (Å²) in [5.41, 5.74) is 0.278. The van der Waals surface area contributed by atoms with Crippen LogP contribution < -0.4 is 0 Å². The Bertz CT molecular complexity index is 579. The van der Waals surface area contributed by atoms with Gasteiger partial charge < -0.3 is 19.6 Å². The minimum Gasteiger partial charge on any atom is -0.355 e. The van der Waals surface area contributed by atoms with Crippen LogP contribution >= 0.6 is 0 Å². The molecule has 3 aliphatic heterocycles. The van der Waals surface area contributed by atoms with Gasteiger partial charge in [-0.1, -0.05) is 6.42 Å². The molecule has 6 nitrogen and oxygen atoms in total. The van der Waals surface area contributed by atoms with E-state index >= 15 is 0 Å². The predicted octanol–water partition coefficient (Wildman–Crippen LogP) is 2.22. The van der Waals surface area contributed by atoms with Gasteiger partial charge in [0.25, 0.3) is 0 Å². The van der Waals surface area contributed by atoms with E-state index in [0.717, 1.165) is 51.5 Å². The molecule has 0 aromatic heterocycles. The average Bonchev–Trinajstić information content (AvgIpc) is 3.29. The summed E-state index contributed by atoms with van der Waals surface area (Å²) >= 11 is 0. The molecule has 0 unspecified atom stereocenters. The number of piperidine rings is 1. The first-order chi connectivity index (χ1) is 13.2. The topological polar surface area (TPSA) is 60.5 Å². The molecule has 3 fully saturated rings. The van der Waals surface area contributed by atoms with Crippen LogP contribution in [0.25, 0.3) is 0 Å². The Balaban J connectivity index is 1.56. The van der Waals surface area contributed by atoms with E-state index in [9.17, 15) is 10.5 Å². The maximum absolute atomic E-state index is 9.47. The second kappa shape index (κ2) is 9.97. The highest BCUT2D eigenvalue weighted by Crippen LogP contribution is 2.23. The molecule has 0 aromatic carbocycles. The van der Waals surface area contributed by atoms with Gasteiger partial charge in [0.15, 0.2) is 5.57 Å². The van der Waals surface area contributed by atoms with Gasteiger partial charge in [0.2, 0.25) is 0 Å². The highest BCUT2D eigenvalue weighted by Gasteiger charge is 2.29. The maximum atomic E-state index is 9.47. The second-order valence-electron chi connectivity index (χ2n) is 8.18. The Labute approximate surface area is 164 Å². The van der Waals surface area contributed by atoms with E-state index in [4.69, 9.17) is 0 Å². The van der Waals surface area contributed by atoms with Gasteiger partial charge in [-0.05, 0) is 58.7 Å². The van der Waals surface area contributed by atoms with Crippen molar-refractivity contribution in [3.63, 3.8) is 0 Å². The summed E-state index contributed by atoms with van der Waals surface area (Å²) in [6.45, 7) is 11.8. The zero-order valence-corrected chi connectivity index (χ0v) is 16.9. The molecule has 27 heavy (non-hydrogen) atoms. The van der Waals surface area contributed by atoms with E-state index in [0.29, 0.717) is 6.04 Å². The van der Waals surface area contributed by atoms with Crippen molar-refractivity contribution < 1.29 is 0 Å². The van der Waals surface area contributed by atoms with Crippen LogP contribution in [0.3, 0.4) is 0 Å². The fourth-order valence-electron chi connectivity index (χ4n) is 4.76. The standard InChI is InChI=1S/C21H34N6/c1-19-7-5-10-25(19)11-6-12-26-15-16-27(21(26)20(17-22)18-23)14-13-24-8-3-2-4-9-24/h19H,2-16H2,1H3/t19-/m1/s1. The molecule has 0 N–H and O–H groups in total. The molecule has 148 valence electrons. The van der Waals surface area contributed by atoms with Gasteiger partial charge >= 0.3 is 0 Å². The fourth-order valence-corrected chi connectivity index (χ4v) is 4.76. The predicted molar refractivity (Wildman–Crippen MR) is 107 cm³/mol. The van der Waals surface area contributed by atoms with Crippen molar-refractivity contribution in [2.75, 3.05) is 58.9 Å². The van der Waals surface area contributed by atoms with E-state index in [-0.39, 0.29) is 5.57 Å². The van der Waals surface area contributed by atoms with Gasteiger partial charge in [0, 0.05) is 45.3 Å². The lowest BCUT2D eigenvalue weighted by Gasteiger charge is -2.30. The van der Waals surface area contributed by atoms with Gasteiger partial charge in [-0.25, -0.2) is 0 Å². The first kappa shape index (κ1) is 20.0. The normalized spacial score (nSPS) is 24.3. The smallest absolute Gasteiger partial charge is 0.169 e. The van der Waals surface area contributed by atoms with E-state index in [1.165, 1.54) is 51.7 Å². The summed E-state index contributed by atoms with van der Waals surface area (Å²) < 4.78 is 0. The summed E-state index contributed by atoms with van der Waals surface area (Å²) in [6.07, 6.45) is 7.66. The van der Waals surface area contributed by atoms with Crippen LogP contribution in [0, 0.1) is 22.7 Å². The van der Waals surface area contributed by atoms with Crippen molar-refractivity contribution in [3.05, 3.63) is 11.4 Å². The molecule has 0 aromatic rings. The third-order valence-corrected chi connectivity index (χ3v) is 6.38. The molecule has 3 rings (SSSR count). The Kier molecular flexibility index (Phi) is 7.38. The SMILES string of the molecule is C[C@@H]1CCCN1CCCN1CCN(CCN2CCCCC2)C1=C(C#N)C#N. The van der Waals surface area contributed by atoms with Crippen LogP contribution in [-0.4, -0.2) is 84.5 Å². The largest absolute Gasteiger partial charge is 0.355 e. The van der Waals surface area contributed by atoms with Crippen LogP contribution in [0.15, 0.2) is 11.4 Å². The third kappa shape index (κ3) is 5.15. The van der Waals surface area contributed by atoms with Crippen molar-refractivity contribution in [2.24, 2.45) is 0 Å². The number of nitrogens with zero attached hydrogens (tertiary/aromatic N) is 6. The molecule has 3 saturated heterocycles. The highest BCUT2D eigenvalue weighted by molar-refractivity contribution is 5.40. The molecule has 0 aliphatic carbocycles. The monoisotopic (exact) mass is 370 g/mol. The molecule has 6 heteroatoms. The van der Waals surface area contributed by atoms with Gasteiger partial charge in [-0.2, -0.15) is 10.5 Å². The van der Waals surface area contributed by atoms with Crippen LogP contribution in [0.4, 0.5) is 0 Å². The van der Waals surface area contributed by atoms with Crippen molar-refractivity contribution in [1.82, 2.24) is 19.6 Å². The minimum atomic E-state index is 0.278. The molecule has 0 spiro atoms. The summed E-state index contributed by atoms with van der Waals surface area (Å²) in [5.74, 6) is 0.881. The molecule has 0 bridgehead atoms. The molecular formula is C21H34N6. The molecule has 0 radical (unpaired) electrons. The highest BCUT2D eigenvalue weighted by atomic mass is 15.4. The van der Waals surface area contributed by atoms with Crippen LogP contribution in [0.1, 0.15) is 45.4 Å². The van der Waals surface area contributed by atoms with Crippen LogP contribution in [0.5, 0.6) is 0 Å². The molecule has 1 atom stereocenters. The van der Waals surface area contributed by atoms with Gasteiger partial charge in [-0.3, -0.25) is 0 Å². The van der Waals surface area contributed by atoms with Crippen molar-refractivity contribution >= 4 is 0 Å². The second-order valence-corrected chi connectivity index (χ2v) is 8.18. The molecular weight excluding hydrogens is 336 g/mol. The zero-order valence-electron chi connectivity index (χ0n) is 16.9. The van der Waals surface area contributed by atoms with Crippen molar-refractivity contribution in [2.45, 2.75) is 51.5 Å². The zero-order chi connectivity index (χ0) is 19.1. The minimum absolute atomic E-state index is 0.278. The number of nitriles is 2. The Morgan fingerprint density at radius 3 is 2.19 bits per heavy atom. The van der Waals surface area contributed by atoms with E-state index in [1.54, 1.807) is 0 Å². The number of hydrogen-bond donors (Lipinski definition) is 0. The summed E-state index contributed by atoms with van der Waals surface area (Å²) in [4.78, 5) is 9.65. The molecule has 0 saturated carbocycles. The molecule has 3 aliphatic rings. The van der Waals surface area contributed by atoms with Crippen molar-refractivity contribution in [1.29, 1.82) is 10.5 Å². The average molecular weight is 371 g/mol. The lowest BCUT2D eigenvalue weighted by molar-refractivity contribution is 0.201. The number of allylic oxidation sites excluding steroid dienone is 1. The number of likely N-dealkylation sites (tertiary alicyclic amines) is 2. The van der Waals surface area contributed by atoms with E-state index in [1.807, 2.05) is 0 Å².